The lowest BCUT2D eigenvalue weighted by molar-refractivity contribution is -0.153. The SMILES string of the molecule is CC(=O)Nc1ccc(NC(=O)[C@@H](C)OC(=O)CCc2nc3ccccc3o2)cc1. The van der Waals surface area contributed by atoms with E-state index in [-0.39, 0.29) is 18.7 Å². The van der Waals surface area contributed by atoms with Crippen LogP contribution in [0.25, 0.3) is 11.1 Å². The molecule has 150 valence electrons. The summed E-state index contributed by atoms with van der Waals surface area (Å²) >= 11 is 0. The molecule has 1 aromatic heterocycles. The van der Waals surface area contributed by atoms with Crippen LogP contribution in [0.5, 0.6) is 0 Å². The maximum Gasteiger partial charge on any atom is 0.307 e. The molecule has 0 unspecified atom stereocenters. The van der Waals surface area contributed by atoms with Crippen molar-refractivity contribution < 1.29 is 23.5 Å². The number of amides is 2. The first-order valence-corrected chi connectivity index (χ1v) is 9.13. The first-order chi connectivity index (χ1) is 13.9. The highest BCUT2D eigenvalue weighted by Gasteiger charge is 2.18. The Balaban J connectivity index is 1.47. The fourth-order valence-corrected chi connectivity index (χ4v) is 2.63. The van der Waals surface area contributed by atoms with E-state index < -0.39 is 18.0 Å². The summed E-state index contributed by atoms with van der Waals surface area (Å²) < 4.78 is 10.7. The van der Waals surface area contributed by atoms with Crippen LogP contribution in [0.2, 0.25) is 0 Å². The van der Waals surface area contributed by atoms with Crippen LogP contribution >= 0.6 is 0 Å². The number of oxazole rings is 1. The molecule has 1 atom stereocenters. The summed E-state index contributed by atoms with van der Waals surface area (Å²) in [6, 6.07) is 13.9. The average molecular weight is 395 g/mol. The summed E-state index contributed by atoms with van der Waals surface area (Å²) in [4.78, 5) is 39.6. The molecule has 0 fully saturated rings. The molecule has 0 saturated carbocycles. The first-order valence-electron chi connectivity index (χ1n) is 9.13. The lowest BCUT2D eigenvalue weighted by atomic mass is 10.2. The van der Waals surface area contributed by atoms with Crippen molar-refractivity contribution in [3.8, 4) is 0 Å². The van der Waals surface area contributed by atoms with E-state index >= 15 is 0 Å². The van der Waals surface area contributed by atoms with Gasteiger partial charge in [0.05, 0.1) is 6.42 Å². The van der Waals surface area contributed by atoms with Crippen molar-refractivity contribution in [2.45, 2.75) is 32.8 Å². The van der Waals surface area contributed by atoms with Crippen LogP contribution in [0, 0.1) is 0 Å². The van der Waals surface area contributed by atoms with E-state index in [0.717, 1.165) is 5.52 Å². The summed E-state index contributed by atoms with van der Waals surface area (Å²) in [6.07, 6.45) is -0.622. The van der Waals surface area contributed by atoms with Gasteiger partial charge in [-0.2, -0.15) is 0 Å². The predicted molar refractivity (Wildman–Crippen MR) is 107 cm³/mol. The van der Waals surface area contributed by atoms with E-state index in [4.69, 9.17) is 9.15 Å². The Morgan fingerprint density at radius 3 is 2.34 bits per heavy atom. The molecule has 0 aliphatic rings. The van der Waals surface area contributed by atoms with Gasteiger partial charge >= 0.3 is 5.97 Å². The van der Waals surface area contributed by atoms with Crippen molar-refractivity contribution in [2.75, 3.05) is 10.6 Å². The van der Waals surface area contributed by atoms with Gasteiger partial charge in [0, 0.05) is 24.7 Å². The predicted octanol–water partition coefficient (Wildman–Crippen LogP) is 3.29. The molecular formula is C21H21N3O5. The number of nitrogens with one attached hydrogen (secondary N) is 2. The Morgan fingerprint density at radius 1 is 1.03 bits per heavy atom. The first kappa shape index (κ1) is 20.1. The smallest absolute Gasteiger partial charge is 0.307 e. The zero-order valence-electron chi connectivity index (χ0n) is 16.1. The van der Waals surface area contributed by atoms with Gasteiger partial charge in [0.25, 0.3) is 5.91 Å². The van der Waals surface area contributed by atoms with Gasteiger partial charge in [-0.1, -0.05) is 12.1 Å². The van der Waals surface area contributed by atoms with Crippen LogP contribution in [-0.4, -0.2) is 28.9 Å². The number of aryl methyl sites for hydroxylation is 1. The highest BCUT2D eigenvalue weighted by atomic mass is 16.5. The van der Waals surface area contributed by atoms with E-state index in [1.54, 1.807) is 30.3 Å². The second-order valence-corrected chi connectivity index (χ2v) is 6.46. The highest BCUT2D eigenvalue weighted by molar-refractivity contribution is 5.95. The van der Waals surface area contributed by atoms with E-state index in [0.29, 0.717) is 22.8 Å². The molecule has 8 heteroatoms. The van der Waals surface area contributed by atoms with Gasteiger partial charge in [0.15, 0.2) is 17.6 Å². The number of carbonyl (C=O) groups excluding carboxylic acids is 3. The van der Waals surface area contributed by atoms with Gasteiger partial charge < -0.3 is 19.8 Å². The Bertz CT molecular complexity index is 993. The number of hydrogen-bond donors (Lipinski definition) is 2. The van der Waals surface area contributed by atoms with Crippen molar-refractivity contribution in [1.82, 2.24) is 4.98 Å². The van der Waals surface area contributed by atoms with E-state index in [1.807, 2.05) is 18.2 Å². The van der Waals surface area contributed by atoms with Crippen LogP contribution in [0.15, 0.2) is 52.9 Å². The Labute approximate surface area is 167 Å². The summed E-state index contributed by atoms with van der Waals surface area (Å²) in [5.41, 5.74) is 2.54. The van der Waals surface area contributed by atoms with Gasteiger partial charge in [-0.3, -0.25) is 14.4 Å². The van der Waals surface area contributed by atoms with Gasteiger partial charge in [-0.25, -0.2) is 4.98 Å². The lowest BCUT2D eigenvalue weighted by Gasteiger charge is -2.13. The van der Waals surface area contributed by atoms with Crippen molar-refractivity contribution in [3.63, 3.8) is 0 Å². The molecule has 2 amide bonds. The maximum atomic E-state index is 12.2. The summed E-state index contributed by atoms with van der Waals surface area (Å²) in [6.45, 7) is 2.91. The monoisotopic (exact) mass is 395 g/mol. The number of aromatic nitrogens is 1. The molecule has 3 rings (SSSR count). The topological polar surface area (TPSA) is 111 Å². The summed E-state index contributed by atoms with van der Waals surface area (Å²) in [5, 5.41) is 5.30. The Kier molecular flexibility index (Phi) is 6.23. The molecular weight excluding hydrogens is 374 g/mol. The van der Waals surface area contributed by atoms with Crippen LogP contribution in [0.1, 0.15) is 26.2 Å². The number of nitrogens with zero attached hydrogens (tertiary/aromatic N) is 1. The summed E-state index contributed by atoms with van der Waals surface area (Å²) in [5.74, 6) is -0.705. The lowest BCUT2D eigenvalue weighted by Crippen LogP contribution is -2.30. The number of carbonyl (C=O) groups is 3. The Morgan fingerprint density at radius 2 is 1.69 bits per heavy atom. The van der Waals surface area contributed by atoms with E-state index in [2.05, 4.69) is 15.6 Å². The molecule has 0 bridgehead atoms. The molecule has 8 nitrogen and oxygen atoms in total. The van der Waals surface area contributed by atoms with Gasteiger partial charge in [0.1, 0.15) is 5.52 Å². The third-order valence-corrected chi connectivity index (χ3v) is 4.03. The normalized spacial score (nSPS) is 11.7. The number of rotatable bonds is 7. The number of esters is 1. The van der Waals surface area contributed by atoms with Crippen LogP contribution in [0.4, 0.5) is 11.4 Å². The maximum absolute atomic E-state index is 12.2. The van der Waals surface area contributed by atoms with Gasteiger partial charge in [-0.05, 0) is 43.3 Å². The minimum atomic E-state index is -0.957. The quantitative estimate of drug-likeness (QED) is 0.594. The van der Waals surface area contributed by atoms with Crippen molar-refractivity contribution in [3.05, 3.63) is 54.4 Å². The standard InChI is InChI=1S/C21H21N3O5/c1-13(21(27)23-16-9-7-15(8-10-16)22-14(2)25)28-20(26)12-11-19-24-17-5-3-4-6-18(17)29-19/h3-10,13H,11-12H2,1-2H3,(H,22,25)(H,23,27)/t13-/m1/s1. The average Bonchev–Trinajstić information content (AvgIpc) is 3.10. The number of para-hydroxylation sites is 2. The van der Waals surface area contributed by atoms with Crippen molar-refractivity contribution in [1.29, 1.82) is 0 Å². The zero-order valence-corrected chi connectivity index (χ0v) is 16.1. The molecule has 1 heterocycles. The third kappa shape index (κ3) is 5.65. The molecule has 0 saturated heterocycles. The molecule has 0 aliphatic heterocycles. The largest absolute Gasteiger partial charge is 0.453 e. The van der Waals surface area contributed by atoms with Gasteiger partial charge in [-0.15, -0.1) is 0 Å². The second kappa shape index (κ2) is 9.01. The number of hydrogen-bond acceptors (Lipinski definition) is 6. The fraction of sp³-hybridized carbons (Fsp3) is 0.238. The molecule has 0 aliphatic carbocycles. The number of ether oxygens (including phenoxy) is 1. The highest BCUT2D eigenvalue weighted by Crippen LogP contribution is 2.16. The third-order valence-electron chi connectivity index (χ3n) is 4.03. The fourth-order valence-electron chi connectivity index (χ4n) is 2.63. The van der Waals surface area contributed by atoms with E-state index in [1.165, 1.54) is 13.8 Å². The van der Waals surface area contributed by atoms with Crippen molar-refractivity contribution in [2.24, 2.45) is 0 Å². The van der Waals surface area contributed by atoms with Crippen molar-refractivity contribution >= 4 is 40.3 Å². The van der Waals surface area contributed by atoms with Crippen LogP contribution in [-0.2, 0) is 25.5 Å². The van der Waals surface area contributed by atoms with Crippen LogP contribution in [0.3, 0.4) is 0 Å². The molecule has 29 heavy (non-hydrogen) atoms. The number of anilines is 2. The summed E-state index contributed by atoms with van der Waals surface area (Å²) in [7, 11) is 0. The molecule has 3 aromatic rings. The molecule has 2 N–H and O–H groups in total. The minimum absolute atomic E-state index is 0.0514. The number of fused-ring (bicyclic) bond motifs is 1. The molecule has 2 aromatic carbocycles. The number of benzene rings is 2. The van der Waals surface area contributed by atoms with E-state index in [9.17, 15) is 14.4 Å². The Hall–Kier alpha value is -3.68. The zero-order chi connectivity index (χ0) is 20.8. The van der Waals surface area contributed by atoms with Gasteiger partial charge in [0.2, 0.25) is 5.91 Å². The molecule has 0 radical (unpaired) electrons. The second-order valence-electron chi connectivity index (χ2n) is 6.46. The minimum Gasteiger partial charge on any atom is -0.453 e. The van der Waals surface area contributed by atoms with Crippen LogP contribution < -0.4 is 10.6 Å². The molecule has 0 spiro atoms.